The number of non-ortho nitro benzene ring substituents is 1. The molecule has 0 saturated carbocycles. The molecular formula is C16H13N5O5. The Bertz CT molecular complexity index is 1090. The summed E-state index contributed by atoms with van der Waals surface area (Å²) in [6, 6.07) is 8.58. The molecule has 0 radical (unpaired) electrons. The van der Waals surface area contributed by atoms with Crippen molar-refractivity contribution in [2.24, 2.45) is 17.3 Å². The number of azo groups is 1. The lowest BCUT2D eigenvalue weighted by Crippen LogP contribution is -1.92. The van der Waals surface area contributed by atoms with E-state index in [1.165, 1.54) is 4.57 Å². The second kappa shape index (κ2) is 6.24. The van der Waals surface area contributed by atoms with Crippen molar-refractivity contribution in [3.8, 4) is 5.88 Å². The Morgan fingerprint density at radius 2 is 1.77 bits per heavy atom. The fourth-order valence-corrected chi connectivity index (χ4v) is 2.58. The molecule has 1 N–H and O–H groups in total. The number of nitrogens with zero attached hydrogens (tertiary/aromatic N) is 5. The van der Waals surface area contributed by atoms with Crippen molar-refractivity contribution < 1.29 is 15.0 Å². The van der Waals surface area contributed by atoms with Crippen molar-refractivity contribution in [2.45, 2.75) is 6.92 Å². The lowest BCUT2D eigenvalue weighted by molar-refractivity contribution is -0.393. The molecule has 0 spiro atoms. The predicted molar refractivity (Wildman–Crippen MR) is 93.2 cm³/mol. The molecule has 10 heteroatoms. The monoisotopic (exact) mass is 355 g/mol. The molecule has 0 aliphatic carbocycles. The number of hydrogen-bond acceptors (Lipinski definition) is 7. The van der Waals surface area contributed by atoms with Crippen LogP contribution in [0.4, 0.5) is 22.7 Å². The Labute approximate surface area is 146 Å². The summed E-state index contributed by atoms with van der Waals surface area (Å²) in [6.07, 6.45) is 0. The molecule has 26 heavy (non-hydrogen) atoms. The van der Waals surface area contributed by atoms with E-state index < -0.39 is 21.2 Å². The van der Waals surface area contributed by atoms with Crippen molar-refractivity contribution in [3.63, 3.8) is 0 Å². The lowest BCUT2D eigenvalue weighted by atomic mass is 10.1. The number of nitro groups is 2. The second-order valence-electron chi connectivity index (χ2n) is 5.64. The minimum absolute atomic E-state index is 0.140. The van der Waals surface area contributed by atoms with Gasteiger partial charge in [-0.1, -0.05) is 11.6 Å². The van der Waals surface area contributed by atoms with Crippen molar-refractivity contribution >= 4 is 33.7 Å². The van der Waals surface area contributed by atoms with Gasteiger partial charge in [0.05, 0.1) is 21.4 Å². The molecule has 3 rings (SSSR count). The Hall–Kier alpha value is -3.82. The van der Waals surface area contributed by atoms with Crippen LogP contribution in [0.3, 0.4) is 0 Å². The predicted octanol–water partition coefficient (Wildman–Crippen LogP) is 4.42. The maximum Gasteiger partial charge on any atom is 0.303 e. The summed E-state index contributed by atoms with van der Waals surface area (Å²) in [7, 11) is 1.65. The van der Waals surface area contributed by atoms with Crippen LogP contribution in [0.1, 0.15) is 5.56 Å². The van der Waals surface area contributed by atoms with Crippen LogP contribution < -0.4 is 0 Å². The summed E-state index contributed by atoms with van der Waals surface area (Å²) in [5, 5.41) is 40.7. The van der Waals surface area contributed by atoms with Crippen molar-refractivity contribution in [1.82, 2.24) is 4.57 Å². The van der Waals surface area contributed by atoms with E-state index in [0.29, 0.717) is 5.39 Å². The van der Waals surface area contributed by atoms with E-state index in [0.717, 1.165) is 29.3 Å². The van der Waals surface area contributed by atoms with Gasteiger partial charge in [-0.3, -0.25) is 20.2 Å². The number of fused-ring (bicyclic) bond motifs is 1. The van der Waals surface area contributed by atoms with Gasteiger partial charge in [0.25, 0.3) is 5.69 Å². The highest BCUT2D eigenvalue weighted by Gasteiger charge is 2.20. The number of aromatic hydroxyl groups is 1. The van der Waals surface area contributed by atoms with Crippen LogP contribution in [0.2, 0.25) is 0 Å². The van der Waals surface area contributed by atoms with Gasteiger partial charge >= 0.3 is 5.69 Å². The Kier molecular flexibility index (Phi) is 4.08. The maximum atomic E-state index is 11.2. The molecule has 0 fully saturated rings. The van der Waals surface area contributed by atoms with E-state index in [4.69, 9.17) is 0 Å². The lowest BCUT2D eigenvalue weighted by Gasteiger charge is -1.97. The van der Waals surface area contributed by atoms with E-state index in [1.54, 1.807) is 7.05 Å². The number of hydrogen-bond donors (Lipinski definition) is 1. The van der Waals surface area contributed by atoms with E-state index in [1.807, 2.05) is 25.1 Å². The van der Waals surface area contributed by atoms with Crippen LogP contribution in [-0.2, 0) is 7.05 Å². The largest absolute Gasteiger partial charge is 0.493 e. The van der Waals surface area contributed by atoms with E-state index in [-0.39, 0.29) is 17.3 Å². The van der Waals surface area contributed by atoms with Crippen LogP contribution in [0.25, 0.3) is 10.9 Å². The van der Waals surface area contributed by atoms with Crippen molar-refractivity contribution in [1.29, 1.82) is 0 Å². The molecule has 2 aromatic carbocycles. The molecule has 0 amide bonds. The van der Waals surface area contributed by atoms with Gasteiger partial charge in [0.1, 0.15) is 0 Å². The highest BCUT2D eigenvalue weighted by Crippen LogP contribution is 2.40. The van der Waals surface area contributed by atoms with Gasteiger partial charge in [-0.2, -0.15) is 0 Å². The van der Waals surface area contributed by atoms with Crippen LogP contribution in [0.5, 0.6) is 5.88 Å². The fraction of sp³-hybridized carbons (Fsp3) is 0.125. The standard InChI is InChI=1S/C16H13N5O5/c1-9-3-6-13-11(7-9)15(16(22)19(13)2)18-17-12-5-4-10(20(23)24)8-14(12)21(25)26/h3-8,22H,1-2H3. The average molecular weight is 355 g/mol. The van der Waals surface area contributed by atoms with Gasteiger partial charge in [-0.05, 0) is 25.1 Å². The summed E-state index contributed by atoms with van der Waals surface area (Å²) in [5.74, 6) is -0.140. The second-order valence-corrected chi connectivity index (χ2v) is 5.64. The molecule has 0 atom stereocenters. The third-order valence-electron chi connectivity index (χ3n) is 3.92. The molecule has 0 aliphatic rings. The fourth-order valence-electron chi connectivity index (χ4n) is 2.58. The summed E-state index contributed by atoms with van der Waals surface area (Å²) < 4.78 is 1.52. The first kappa shape index (κ1) is 17.0. The van der Waals surface area contributed by atoms with Gasteiger partial charge in [0, 0.05) is 18.5 Å². The molecule has 3 aromatic rings. The smallest absolute Gasteiger partial charge is 0.303 e. The zero-order valence-electron chi connectivity index (χ0n) is 13.8. The number of rotatable bonds is 4. The first-order valence-corrected chi connectivity index (χ1v) is 7.42. The van der Waals surface area contributed by atoms with Crippen molar-refractivity contribution in [3.05, 3.63) is 62.2 Å². The van der Waals surface area contributed by atoms with Crippen LogP contribution >= 0.6 is 0 Å². The molecule has 1 heterocycles. The van der Waals surface area contributed by atoms with Gasteiger partial charge < -0.3 is 9.67 Å². The van der Waals surface area contributed by atoms with Gasteiger partial charge in [0.15, 0.2) is 11.4 Å². The summed E-state index contributed by atoms with van der Waals surface area (Å²) in [6.45, 7) is 1.88. The summed E-state index contributed by atoms with van der Waals surface area (Å²) in [5.41, 5.74) is 0.725. The van der Waals surface area contributed by atoms with E-state index in [2.05, 4.69) is 10.2 Å². The van der Waals surface area contributed by atoms with Gasteiger partial charge in [0.2, 0.25) is 5.88 Å². The Morgan fingerprint density at radius 1 is 1.04 bits per heavy atom. The SMILES string of the molecule is Cc1ccc2c(c1)c(N=Nc1ccc([N+](=O)[O-])cc1[N+](=O)[O-])c(O)n2C. The van der Waals surface area contributed by atoms with Crippen LogP contribution in [-0.4, -0.2) is 19.5 Å². The first-order valence-electron chi connectivity index (χ1n) is 7.42. The minimum atomic E-state index is -0.769. The first-order chi connectivity index (χ1) is 12.3. The molecule has 132 valence electrons. The van der Waals surface area contributed by atoms with Crippen LogP contribution in [0.15, 0.2) is 46.6 Å². The number of benzene rings is 2. The number of nitro benzene ring substituents is 2. The third kappa shape index (κ3) is 2.83. The number of aryl methyl sites for hydroxylation is 2. The zero-order chi connectivity index (χ0) is 19.0. The third-order valence-corrected chi connectivity index (χ3v) is 3.92. The Balaban J connectivity index is 2.13. The van der Waals surface area contributed by atoms with E-state index >= 15 is 0 Å². The summed E-state index contributed by atoms with van der Waals surface area (Å²) in [4.78, 5) is 20.5. The van der Waals surface area contributed by atoms with Crippen LogP contribution in [0, 0.1) is 27.2 Å². The molecule has 0 saturated heterocycles. The Morgan fingerprint density at radius 3 is 2.42 bits per heavy atom. The molecule has 1 aromatic heterocycles. The van der Waals surface area contributed by atoms with E-state index in [9.17, 15) is 25.3 Å². The number of aromatic nitrogens is 1. The maximum absolute atomic E-state index is 11.2. The topological polar surface area (TPSA) is 136 Å². The molecule has 0 aliphatic heterocycles. The normalized spacial score (nSPS) is 11.3. The zero-order valence-corrected chi connectivity index (χ0v) is 13.8. The molecule has 10 nitrogen and oxygen atoms in total. The molecule has 0 bridgehead atoms. The van der Waals surface area contributed by atoms with Gasteiger partial charge in [-0.25, -0.2) is 0 Å². The average Bonchev–Trinajstić information content (AvgIpc) is 2.83. The van der Waals surface area contributed by atoms with Gasteiger partial charge in [-0.15, -0.1) is 10.2 Å². The van der Waals surface area contributed by atoms with Crippen molar-refractivity contribution in [2.75, 3.05) is 0 Å². The summed E-state index contributed by atoms with van der Waals surface area (Å²) >= 11 is 0. The minimum Gasteiger partial charge on any atom is -0.493 e. The quantitative estimate of drug-likeness (QED) is 0.419. The molecule has 0 unspecified atom stereocenters. The highest BCUT2D eigenvalue weighted by molar-refractivity contribution is 5.95. The molecular weight excluding hydrogens is 342 g/mol. The highest BCUT2D eigenvalue weighted by atomic mass is 16.6.